The van der Waals surface area contributed by atoms with E-state index >= 15 is 0 Å². The van der Waals surface area contributed by atoms with Crippen molar-refractivity contribution < 1.29 is 4.39 Å². The Morgan fingerprint density at radius 3 is 2.77 bits per heavy atom. The monoisotopic (exact) mass is 355 g/mol. The van der Waals surface area contributed by atoms with E-state index in [1.807, 2.05) is 38.4 Å². The zero-order chi connectivity index (χ0) is 18.7. The molecule has 0 spiro atoms. The van der Waals surface area contributed by atoms with Crippen molar-refractivity contribution in [1.29, 1.82) is 0 Å². The summed E-state index contributed by atoms with van der Waals surface area (Å²) in [5.74, 6) is 0. The third kappa shape index (κ3) is 3.58. The zero-order valence-corrected chi connectivity index (χ0v) is 14.9. The molecule has 0 saturated heterocycles. The van der Waals surface area contributed by atoms with Gasteiger partial charge in [0, 0.05) is 19.3 Å². The number of aromatic nitrogens is 3. The van der Waals surface area contributed by atoms with Gasteiger partial charge >= 0.3 is 5.69 Å². The molecule has 0 unspecified atom stereocenters. The molecular formula is C19H22FN5O. The van der Waals surface area contributed by atoms with Crippen LogP contribution in [0.4, 0.5) is 4.39 Å². The van der Waals surface area contributed by atoms with Crippen LogP contribution in [0.1, 0.15) is 5.56 Å². The lowest BCUT2D eigenvalue weighted by molar-refractivity contribution is 0.403. The molecule has 2 heterocycles. The molecule has 3 aromatic rings. The van der Waals surface area contributed by atoms with Crippen LogP contribution < -0.4 is 11.4 Å². The van der Waals surface area contributed by atoms with Crippen molar-refractivity contribution in [3.63, 3.8) is 0 Å². The number of nitrogens with two attached hydrogens (primary N) is 1. The second kappa shape index (κ2) is 7.63. The Hall–Kier alpha value is -2.77. The van der Waals surface area contributed by atoms with Crippen LogP contribution in [0.5, 0.6) is 0 Å². The van der Waals surface area contributed by atoms with Crippen LogP contribution in [0.3, 0.4) is 0 Å². The first-order chi connectivity index (χ1) is 12.5. The minimum Gasteiger partial charge on any atom is -0.327 e. The topological polar surface area (TPSA) is 68.6 Å². The van der Waals surface area contributed by atoms with Gasteiger partial charge in [-0.25, -0.2) is 13.9 Å². The third-order valence-corrected chi connectivity index (χ3v) is 4.17. The largest absolute Gasteiger partial charge is 0.350 e. The third-order valence-electron chi connectivity index (χ3n) is 4.17. The lowest BCUT2D eigenvalue weighted by atomic mass is 10.0. The van der Waals surface area contributed by atoms with E-state index < -0.39 is 0 Å². The van der Waals surface area contributed by atoms with Crippen molar-refractivity contribution in [2.75, 3.05) is 20.6 Å². The minimum absolute atomic E-state index is 0.0416. The van der Waals surface area contributed by atoms with Gasteiger partial charge in [0.1, 0.15) is 0 Å². The SMILES string of the molecule is CN(C)Cc1ccccc1-c1ccn2c(=O)n(C/C(=C/F)CN)nc2c1. The van der Waals surface area contributed by atoms with Crippen molar-refractivity contribution in [2.24, 2.45) is 5.73 Å². The predicted molar refractivity (Wildman–Crippen MR) is 101 cm³/mol. The van der Waals surface area contributed by atoms with Crippen molar-refractivity contribution in [2.45, 2.75) is 13.1 Å². The summed E-state index contributed by atoms with van der Waals surface area (Å²) < 4.78 is 15.4. The number of hydrogen-bond donors (Lipinski definition) is 1. The minimum atomic E-state index is -0.319. The Balaban J connectivity index is 2.04. The molecule has 3 rings (SSSR count). The van der Waals surface area contributed by atoms with Gasteiger partial charge in [-0.05, 0) is 48.5 Å². The molecule has 1 aromatic carbocycles. The number of benzene rings is 1. The summed E-state index contributed by atoms with van der Waals surface area (Å²) in [5, 5.41) is 4.32. The summed E-state index contributed by atoms with van der Waals surface area (Å²) in [4.78, 5) is 14.5. The van der Waals surface area contributed by atoms with E-state index in [4.69, 9.17) is 5.73 Å². The Kier molecular flexibility index (Phi) is 5.29. The molecule has 0 aliphatic heterocycles. The van der Waals surface area contributed by atoms with Crippen LogP contribution in [-0.2, 0) is 13.1 Å². The van der Waals surface area contributed by atoms with Crippen LogP contribution in [-0.4, -0.2) is 39.7 Å². The summed E-state index contributed by atoms with van der Waals surface area (Å²) in [5.41, 5.74) is 9.24. The smallest absolute Gasteiger partial charge is 0.327 e. The summed E-state index contributed by atoms with van der Waals surface area (Å²) >= 11 is 0. The van der Waals surface area contributed by atoms with Gasteiger partial charge in [-0.15, -0.1) is 5.10 Å². The van der Waals surface area contributed by atoms with Crippen LogP contribution in [0.2, 0.25) is 0 Å². The fourth-order valence-electron chi connectivity index (χ4n) is 2.90. The standard InChI is InChI=1S/C19H22FN5O/c1-23(2)13-16-5-3-4-6-17(16)15-7-8-24-18(9-15)22-25(19(24)26)12-14(10-20)11-21/h3-10H,11-13,21H2,1-2H3/b14-10+. The van der Waals surface area contributed by atoms with E-state index in [-0.39, 0.29) is 18.8 Å². The molecular weight excluding hydrogens is 333 g/mol. The number of halogens is 1. The molecule has 0 saturated carbocycles. The second-order valence-corrected chi connectivity index (χ2v) is 6.45. The van der Waals surface area contributed by atoms with E-state index in [9.17, 15) is 9.18 Å². The van der Waals surface area contributed by atoms with Crippen molar-refractivity contribution >= 4 is 5.65 Å². The molecule has 7 heteroatoms. The lowest BCUT2D eigenvalue weighted by Crippen LogP contribution is -2.23. The summed E-state index contributed by atoms with van der Waals surface area (Å²) in [6, 6.07) is 11.9. The van der Waals surface area contributed by atoms with Crippen LogP contribution in [0.15, 0.2) is 59.3 Å². The van der Waals surface area contributed by atoms with Gasteiger partial charge < -0.3 is 10.6 Å². The first kappa shape index (κ1) is 18.0. The Morgan fingerprint density at radius 2 is 2.08 bits per heavy atom. The number of rotatable bonds is 6. The molecule has 0 atom stereocenters. The van der Waals surface area contributed by atoms with Gasteiger partial charge in [-0.3, -0.25) is 4.40 Å². The number of nitrogens with zero attached hydrogens (tertiary/aromatic N) is 4. The van der Waals surface area contributed by atoms with Crippen molar-refractivity contribution in [3.05, 3.63) is 70.5 Å². The van der Waals surface area contributed by atoms with Gasteiger partial charge in [-0.2, -0.15) is 0 Å². The predicted octanol–water partition coefficient (Wildman–Crippen LogP) is 2.04. The van der Waals surface area contributed by atoms with Crippen LogP contribution >= 0.6 is 0 Å². The molecule has 136 valence electrons. The highest BCUT2D eigenvalue weighted by Gasteiger charge is 2.11. The Labute approximate surface area is 151 Å². The van der Waals surface area contributed by atoms with E-state index in [1.165, 1.54) is 14.6 Å². The maximum Gasteiger partial charge on any atom is 0.350 e. The highest BCUT2D eigenvalue weighted by molar-refractivity contribution is 5.70. The number of pyridine rings is 1. The van der Waals surface area contributed by atoms with Gasteiger partial charge in [0.15, 0.2) is 5.65 Å². The van der Waals surface area contributed by atoms with Gasteiger partial charge in [0.05, 0.1) is 12.9 Å². The molecule has 0 aliphatic rings. The maximum atomic E-state index is 12.8. The van der Waals surface area contributed by atoms with Crippen LogP contribution in [0.25, 0.3) is 16.8 Å². The van der Waals surface area contributed by atoms with Crippen molar-refractivity contribution in [3.8, 4) is 11.1 Å². The lowest BCUT2D eigenvalue weighted by Gasteiger charge is -2.14. The van der Waals surface area contributed by atoms with E-state index in [0.29, 0.717) is 17.6 Å². The first-order valence-electron chi connectivity index (χ1n) is 8.34. The first-order valence-corrected chi connectivity index (χ1v) is 8.34. The molecule has 26 heavy (non-hydrogen) atoms. The summed E-state index contributed by atoms with van der Waals surface area (Å²) in [6.07, 6.45) is 2.13. The molecule has 2 aromatic heterocycles. The average Bonchev–Trinajstić information content (AvgIpc) is 2.94. The van der Waals surface area contributed by atoms with Gasteiger partial charge in [-0.1, -0.05) is 24.3 Å². The molecule has 0 radical (unpaired) electrons. The molecule has 0 aliphatic carbocycles. The highest BCUT2D eigenvalue weighted by atomic mass is 19.1. The summed E-state index contributed by atoms with van der Waals surface area (Å²) in [6.45, 7) is 0.893. The zero-order valence-electron chi connectivity index (χ0n) is 14.9. The van der Waals surface area contributed by atoms with E-state index in [2.05, 4.69) is 22.1 Å². The maximum absolute atomic E-state index is 12.8. The highest BCUT2D eigenvalue weighted by Crippen LogP contribution is 2.25. The summed E-state index contributed by atoms with van der Waals surface area (Å²) in [7, 11) is 4.04. The fraction of sp³-hybridized carbons (Fsp3) is 0.263. The van der Waals surface area contributed by atoms with Crippen molar-refractivity contribution in [1.82, 2.24) is 19.1 Å². The quantitative estimate of drug-likeness (QED) is 0.735. The van der Waals surface area contributed by atoms with E-state index in [1.54, 1.807) is 6.20 Å². The molecule has 0 bridgehead atoms. The fourth-order valence-corrected chi connectivity index (χ4v) is 2.90. The van der Waals surface area contributed by atoms with Gasteiger partial charge in [0.2, 0.25) is 0 Å². The Morgan fingerprint density at radius 1 is 1.31 bits per heavy atom. The number of hydrogen-bond acceptors (Lipinski definition) is 4. The Bertz CT molecular complexity index is 1000. The number of fused-ring (bicyclic) bond motifs is 1. The molecule has 2 N–H and O–H groups in total. The van der Waals surface area contributed by atoms with Gasteiger partial charge in [0.25, 0.3) is 0 Å². The molecule has 6 nitrogen and oxygen atoms in total. The van der Waals surface area contributed by atoms with E-state index in [0.717, 1.165) is 17.7 Å². The van der Waals surface area contributed by atoms with Crippen LogP contribution in [0, 0.1) is 0 Å². The average molecular weight is 355 g/mol. The molecule has 0 amide bonds. The second-order valence-electron chi connectivity index (χ2n) is 6.45. The normalized spacial score (nSPS) is 12.3. The molecule has 0 fully saturated rings.